The molecule has 1 aliphatic carbocycles. The molecule has 0 radical (unpaired) electrons. The number of nitrogens with one attached hydrogen (secondary N) is 1. The lowest BCUT2D eigenvalue weighted by Crippen LogP contribution is -2.48. The third-order valence-electron chi connectivity index (χ3n) is 6.47. The number of amides is 3. The van der Waals surface area contributed by atoms with Crippen LogP contribution < -0.4 is 10.1 Å². The lowest BCUT2D eigenvalue weighted by molar-refractivity contribution is 0.0922. The van der Waals surface area contributed by atoms with E-state index < -0.39 is 0 Å². The van der Waals surface area contributed by atoms with E-state index in [1.54, 1.807) is 19.2 Å². The average molecular weight is 454 g/mol. The van der Waals surface area contributed by atoms with Gasteiger partial charge in [-0.2, -0.15) is 0 Å². The van der Waals surface area contributed by atoms with Gasteiger partial charge in [-0.15, -0.1) is 4.36 Å². The molecule has 32 heavy (non-hydrogen) atoms. The fourth-order valence-corrected chi connectivity index (χ4v) is 4.84. The molecule has 1 N–H and O–H groups in total. The van der Waals surface area contributed by atoms with E-state index in [0.29, 0.717) is 24.4 Å². The molecule has 1 aliphatic rings. The normalized spacial score (nSPS) is 20.2. The SMILES string of the molecule is CCCN(C(=O)N=S)[C@H]1CC[C@@](CNC(=O)c2ccccc2OC)(c2ccccc2)CC1. The minimum absolute atomic E-state index is 0.121. The Morgan fingerprint density at radius 2 is 1.78 bits per heavy atom. The zero-order chi connectivity index (χ0) is 23.0. The summed E-state index contributed by atoms with van der Waals surface area (Å²) in [6.07, 6.45) is 4.27. The van der Waals surface area contributed by atoms with Crippen LogP contribution in [-0.2, 0) is 17.8 Å². The molecule has 0 spiro atoms. The fourth-order valence-electron chi connectivity index (χ4n) is 4.73. The highest BCUT2D eigenvalue weighted by Crippen LogP contribution is 2.40. The third-order valence-corrected chi connectivity index (χ3v) is 6.62. The molecule has 2 aromatic rings. The predicted molar refractivity (Wildman–Crippen MR) is 128 cm³/mol. The zero-order valence-corrected chi connectivity index (χ0v) is 19.6. The van der Waals surface area contributed by atoms with Gasteiger partial charge >= 0.3 is 6.03 Å². The topological polar surface area (TPSA) is 71.0 Å². The Hall–Kier alpha value is -2.80. The molecule has 0 atom stereocenters. The quantitative estimate of drug-likeness (QED) is 0.619. The largest absolute Gasteiger partial charge is 0.496 e. The minimum atomic E-state index is -0.316. The summed E-state index contributed by atoms with van der Waals surface area (Å²) in [5.74, 6) is 0.413. The van der Waals surface area contributed by atoms with Crippen molar-refractivity contribution >= 4 is 24.4 Å². The summed E-state index contributed by atoms with van der Waals surface area (Å²) in [4.78, 5) is 27.0. The second-order valence-corrected chi connectivity index (χ2v) is 8.51. The van der Waals surface area contributed by atoms with Crippen LogP contribution in [0.1, 0.15) is 54.9 Å². The fraction of sp³-hybridized carbons (Fsp3) is 0.440. The van der Waals surface area contributed by atoms with Crippen LogP contribution in [0.2, 0.25) is 0 Å². The van der Waals surface area contributed by atoms with Gasteiger partial charge in [-0.1, -0.05) is 49.4 Å². The van der Waals surface area contributed by atoms with Crippen LogP contribution in [-0.4, -0.2) is 43.1 Å². The van der Waals surface area contributed by atoms with E-state index in [0.717, 1.165) is 32.1 Å². The van der Waals surface area contributed by atoms with E-state index in [4.69, 9.17) is 4.74 Å². The van der Waals surface area contributed by atoms with Crippen molar-refractivity contribution in [1.82, 2.24) is 10.2 Å². The van der Waals surface area contributed by atoms with Gasteiger partial charge in [0.05, 0.1) is 12.7 Å². The van der Waals surface area contributed by atoms with Crippen LogP contribution in [0.4, 0.5) is 4.79 Å². The lowest BCUT2D eigenvalue weighted by atomic mass is 9.67. The summed E-state index contributed by atoms with van der Waals surface area (Å²) < 4.78 is 8.84. The highest BCUT2D eigenvalue weighted by Gasteiger charge is 2.39. The summed E-state index contributed by atoms with van der Waals surface area (Å²) in [5.41, 5.74) is 1.54. The van der Waals surface area contributed by atoms with E-state index in [1.807, 2.05) is 42.2 Å². The summed E-state index contributed by atoms with van der Waals surface area (Å²) in [7, 11) is 1.57. The highest BCUT2D eigenvalue weighted by molar-refractivity contribution is 7.47. The third kappa shape index (κ3) is 5.33. The van der Waals surface area contributed by atoms with Gasteiger partial charge in [-0.3, -0.25) is 4.79 Å². The van der Waals surface area contributed by atoms with Crippen molar-refractivity contribution < 1.29 is 14.3 Å². The monoisotopic (exact) mass is 453 g/mol. The number of para-hydroxylation sites is 1. The van der Waals surface area contributed by atoms with Crippen molar-refractivity contribution in [2.45, 2.75) is 50.5 Å². The molecule has 0 unspecified atom stereocenters. The maximum Gasteiger partial charge on any atom is 0.355 e. The number of rotatable bonds is 8. The smallest absolute Gasteiger partial charge is 0.355 e. The molecule has 6 nitrogen and oxygen atoms in total. The summed E-state index contributed by atoms with van der Waals surface area (Å²) in [5, 5.41) is 3.15. The van der Waals surface area contributed by atoms with Crippen molar-refractivity contribution in [3.05, 3.63) is 65.7 Å². The maximum atomic E-state index is 13.0. The number of hydrogen-bond acceptors (Lipinski definition) is 4. The van der Waals surface area contributed by atoms with Gasteiger partial charge < -0.3 is 15.0 Å². The molecule has 0 bridgehead atoms. The number of urea groups is 1. The van der Waals surface area contributed by atoms with Crippen molar-refractivity contribution in [3.63, 3.8) is 0 Å². The molecular formula is C25H31N3O3S. The molecule has 170 valence electrons. The van der Waals surface area contributed by atoms with E-state index in [2.05, 4.69) is 34.2 Å². The molecule has 3 rings (SSSR count). The van der Waals surface area contributed by atoms with Crippen LogP contribution in [0.15, 0.2) is 59.0 Å². The van der Waals surface area contributed by atoms with Crippen LogP contribution in [0.5, 0.6) is 5.75 Å². The van der Waals surface area contributed by atoms with Gasteiger partial charge in [0.2, 0.25) is 0 Å². The molecule has 0 aromatic heterocycles. The standard InChI is InChI=1S/C25H31N3O3S/c1-3-17-28(24(30)27-32)20-13-15-25(16-14-20,19-9-5-4-6-10-19)18-26-23(29)21-11-7-8-12-22(21)31-2/h4-12,20H,3,13-18H2,1-2H3,(H,26,29)/t20-,25+. The number of ether oxygens (including phenoxy) is 1. The van der Waals surface area contributed by atoms with E-state index in [9.17, 15) is 9.59 Å². The summed E-state index contributed by atoms with van der Waals surface area (Å²) in [6, 6.07) is 17.4. The second-order valence-electron chi connectivity index (χ2n) is 8.33. The second kappa shape index (κ2) is 11.2. The molecule has 7 heteroatoms. The first-order chi connectivity index (χ1) is 15.5. The first kappa shape index (κ1) is 23.9. The molecule has 3 amide bonds. The molecule has 0 heterocycles. The first-order valence-corrected chi connectivity index (χ1v) is 11.5. The van der Waals surface area contributed by atoms with Gasteiger partial charge in [0.25, 0.3) is 5.91 Å². The van der Waals surface area contributed by atoms with Crippen LogP contribution >= 0.6 is 0 Å². The molecule has 0 aliphatic heterocycles. The Bertz CT molecular complexity index is 927. The van der Waals surface area contributed by atoms with Gasteiger partial charge in [0.1, 0.15) is 5.75 Å². The Balaban J connectivity index is 1.78. The number of carbonyl (C=O) groups excluding carboxylic acids is 2. The van der Waals surface area contributed by atoms with Gasteiger partial charge in [0.15, 0.2) is 0 Å². The van der Waals surface area contributed by atoms with Crippen LogP contribution in [0.3, 0.4) is 0 Å². The van der Waals surface area contributed by atoms with Gasteiger partial charge in [-0.05, 0) is 49.8 Å². The van der Waals surface area contributed by atoms with E-state index in [1.165, 1.54) is 5.56 Å². The maximum absolute atomic E-state index is 13.0. The van der Waals surface area contributed by atoms with E-state index >= 15 is 0 Å². The van der Waals surface area contributed by atoms with Gasteiger partial charge in [-0.25, -0.2) is 4.79 Å². The Morgan fingerprint density at radius 3 is 2.41 bits per heavy atom. The predicted octanol–water partition coefficient (Wildman–Crippen LogP) is 4.87. The number of methoxy groups -OCH3 is 1. The number of nitrogens with zero attached hydrogens (tertiary/aromatic N) is 2. The molecule has 2 aromatic carbocycles. The molecule has 1 saturated carbocycles. The first-order valence-electron chi connectivity index (χ1n) is 11.2. The lowest BCUT2D eigenvalue weighted by Gasteiger charge is -2.43. The van der Waals surface area contributed by atoms with Crippen molar-refractivity contribution in [1.29, 1.82) is 0 Å². The van der Waals surface area contributed by atoms with Crippen molar-refractivity contribution in [2.24, 2.45) is 4.36 Å². The Morgan fingerprint density at radius 1 is 1.12 bits per heavy atom. The number of hydrogen-bond donors (Lipinski definition) is 1. The Kier molecular flexibility index (Phi) is 8.33. The molecule has 1 fully saturated rings. The van der Waals surface area contributed by atoms with Crippen LogP contribution in [0, 0.1) is 0 Å². The van der Waals surface area contributed by atoms with Crippen LogP contribution in [0.25, 0.3) is 0 Å². The summed E-state index contributed by atoms with van der Waals surface area (Å²) >= 11 is 4.67. The van der Waals surface area contributed by atoms with Gasteiger partial charge in [0, 0.05) is 37.0 Å². The van der Waals surface area contributed by atoms with Crippen molar-refractivity contribution in [3.8, 4) is 5.75 Å². The number of benzene rings is 2. The van der Waals surface area contributed by atoms with Crippen molar-refractivity contribution in [2.75, 3.05) is 20.2 Å². The Labute approximate surface area is 195 Å². The summed E-state index contributed by atoms with van der Waals surface area (Å²) in [6.45, 7) is 3.23. The number of carbonyl (C=O) groups is 2. The van der Waals surface area contributed by atoms with E-state index in [-0.39, 0.29) is 23.4 Å². The molecular weight excluding hydrogens is 422 g/mol. The highest BCUT2D eigenvalue weighted by atomic mass is 32.1. The molecule has 0 saturated heterocycles. The zero-order valence-electron chi connectivity index (χ0n) is 18.8. The minimum Gasteiger partial charge on any atom is -0.496 e. The average Bonchev–Trinajstić information content (AvgIpc) is 2.86.